The molecule has 0 aromatic rings. The van der Waals surface area contributed by atoms with Gasteiger partial charge in [0.2, 0.25) is 0 Å². The van der Waals surface area contributed by atoms with Crippen LogP contribution in [0.2, 0.25) is 5.54 Å². The third-order valence-electron chi connectivity index (χ3n) is 2.44. The van der Waals surface area contributed by atoms with Gasteiger partial charge in [-0.3, -0.25) is 0 Å². The van der Waals surface area contributed by atoms with Crippen LogP contribution in [0.3, 0.4) is 0 Å². The van der Waals surface area contributed by atoms with Gasteiger partial charge in [0.25, 0.3) is 0 Å². The lowest BCUT2D eigenvalue weighted by atomic mass is 10.1. The SMILES string of the molecule is CCCCCCC(C)[SiH](OC)OC. The third kappa shape index (κ3) is 6.24. The molecular weight excluding hydrogens is 180 g/mol. The maximum atomic E-state index is 5.33. The van der Waals surface area contributed by atoms with Crippen LogP contribution in [-0.2, 0) is 8.85 Å². The van der Waals surface area contributed by atoms with Gasteiger partial charge in [-0.15, -0.1) is 0 Å². The van der Waals surface area contributed by atoms with E-state index in [1.807, 2.05) is 0 Å². The number of hydrogen-bond acceptors (Lipinski definition) is 2. The van der Waals surface area contributed by atoms with Gasteiger partial charge in [0.1, 0.15) is 0 Å². The highest BCUT2D eigenvalue weighted by atomic mass is 28.3. The lowest BCUT2D eigenvalue weighted by Gasteiger charge is -2.18. The smallest absolute Gasteiger partial charge is 0.323 e. The van der Waals surface area contributed by atoms with Crippen molar-refractivity contribution in [2.24, 2.45) is 0 Å². The first-order valence-corrected chi connectivity index (χ1v) is 6.92. The van der Waals surface area contributed by atoms with Crippen molar-refractivity contribution in [3.63, 3.8) is 0 Å². The van der Waals surface area contributed by atoms with Gasteiger partial charge >= 0.3 is 9.28 Å². The van der Waals surface area contributed by atoms with E-state index in [0.29, 0.717) is 5.54 Å². The summed E-state index contributed by atoms with van der Waals surface area (Å²) in [6, 6.07) is 0. The van der Waals surface area contributed by atoms with Crippen molar-refractivity contribution in [1.29, 1.82) is 0 Å². The first-order valence-electron chi connectivity index (χ1n) is 5.31. The van der Waals surface area contributed by atoms with Crippen LogP contribution in [0, 0.1) is 0 Å². The summed E-state index contributed by atoms with van der Waals surface area (Å²) in [6.07, 6.45) is 6.61. The van der Waals surface area contributed by atoms with Crippen LogP contribution in [0.4, 0.5) is 0 Å². The van der Waals surface area contributed by atoms with Crippen molar-refractivity contribution in [1.82, 2.24) is 0 Å². The Morgan fingerprint density at radius 2 is 1.69 bits per heavy atom. The molecule has 0 aliphatic heterocycles. The summed E-state index contributed by atoms with van der Waals surface area (Å²) < 4.78 is 10.7. The molecule has 13 heavy (non-hydrogen) atoms. The molecule has 1 atom stereocenters. The average molecular weight is 204 g/mol. The van der Waals surface area contributed by atoms with Crippen LogP contribution in [0.15, 0.2) is 0 Å². The van der Waals surface area contributed by atoms with Gasteiger partial charge in [0.05, 0.1) is 0 Å². The molecule has 0 bridgehead atoms. The Balaban J connectivity index is 3.42. The maximum absolute atomic E-state index is 5.33. The predicted molar refractivity (Wildman–Crippen MR) is 59.4 cm³/mol. The van der Waals surface area contributed by atoms with Crippen LogP contribution in [0.5, 0.6) is 0 Å². The average Bonchev–Trinajstić information content (AvgIpc) is 2.14. The van der Waals surface area contributed by atoms with Crippen molar-refractivity contribution < 1.29 is 8.85 Å². The van der Waals surface area contributed by atoms with E-state index in [4.69, 9.17) is 8.85 Å². The van der Waals surface area contributed by atoms with E-state index in [1.54, 1.807) is 14.2 Å². The molecule has 0 fully saturated rings. The van der Waals surface area contributed by atoms with E-state index in [1.165, 1.54) is 32.1 Å². The third-order valence-corrected chi connectivity index (χ3v) is 4.63. The highest BCUT2D eigenvalue weighted by Crippen LogP contribution is 2.19. The normalized spacial score (nSPS) is 13.6. The van der Waals surface area contributed by atoms with Crippen LogP contribution in [-0.4, -0.2) is 23.5 Å². The Morgan fingerprint density at radius 3 is 2.15 bits per heavy atom. The van der Waals surface area contributed by atoms with Crippen LogP contribution in [0.1, 0.15) is 46.0 Å². The van der Waals surface area contributed by atoms with E-state index in [2.05, 4.69) is 13.8 Å². The second-order valence-corrected chi connectivity index (χ2v) is 6.48. The molecule has 0 spiro atoms. The van der Waals surface area contributed by atoms with Gasteiger partial charge in [-0.25, -0.2) is 0 Å². The highest BCUT2D eigenvalue weighted by Gasteiger charge is 2.18. The fourth-order valence-electron chi connectivity index (χ4n) is 1.59. The summed E-state index contributed by atoms with van der Waals surface area (Å²) in [7, 11) is 2.20. The number of hydrogen-bond donors (Lipinski definition) is 0. The Bertz CT molecular complexity index is 105. The van der Waals surface area contributed by atoms with E-state index in [9.17, 15) is 0 Å². The summed E-state index contributed by atoms with van der Waals surface area (Å²) in [5.41, 5.74) is 0.645. The quantitative estimate of drug-likeness (QED) is 0.447. The minimum absolute atomic E-state index is 0.645. The molecule has 0 aromatic heterocycles. The molecule has 0 saturated heterocycles. The van der Waals surface area contributed by atoms with Crippen LogP contribution >= 0.6 is 0 Å². The van der Waals surface area contributed by atoms with Crippen molar-refractivity contribution >= 4 is 9.28 Å². The molecule has 0 aromatic carbocycles. The Kier molecular flexibility index (Phi) is 8.81. The minimum atomic E-state index is -1.34. The Morgan fingerprint density at radius 1 is 1.08 bits per heavy atom. The van der Waals surface area contributed by atoms with Crippen LogP contribution < -0.4 is 0 Å². The zero-order chi connectivity index (χ0) is 10.1. The fourth-order valence-corrected chi connectivity index (χ4v) is 3.22. The summed E-state index contributed by atoms with van der Waals surface area (Å²) >= 11 is 0. The fraction of sp³-hybridized carbons (Fsp3) is 1.00. The largest absolute Gasteiger partial charge is 0.400 e. The summed E-state index contributed by atoms with van der Waals surface area (Å²) in [4.78, 5) is 0. The minimum Gasteiger partial charge on any atom is -0.400 e. The molecular formula is C10H24O2Si. The molecule has 2 nitrogen and oxygen atoms in total. The molecule has 0 aliphatic rings. The van der Waals surface area contributed by atoms with Crippen molar-refractivity contribution in [2.75, 3.05) is 14.2 Å². The van der Waals surface area contributed by atoms with Crippen LogP contribution in [0.25, 0.3) is 0 Å². The van der Waals surface area contributed by atoms with Gasteiger partial charge < -0.3 is 8.85 Å². The Hall–Kier alpha value is 0.137. The Labute approximate surface area is 84.5 Å². The molecule has 1 unspecified atom stereocenters. The predicted octanol–water partition coefficient (Wildman–Crippen LogP) is 2.86. The first kappa shape index (κ1) is 13.1. The van der Waals surface area contributed by atoms with Crippen molar-refractivity contribution in [3.05, 3.63) is 0 Å². The van der Waals surface area contributed by atoms with Gasteiger partial charge in [-0.2, -0.15) is 0 Å². The van der Waals surface area contributed by atoms with E-state index in [-0.39, 0.29) is 0 Å². The maximum Gasteiger partial charge on any atom is 0.323 e. The van der Waals surface area contributed by atoms with Crippen molar-refractivity contribution in [3.8, 4) is 0 Å². The molecule has 0 rings (SSSR count). The first-order chi connectivity index (χ1) is 6.26. The van der Waals surface area contributed by atoms with Gasteiger partial charge in [-0.1, -0.05) is 39.5 Å². The van der Waals surface area contributed by atoms with Crippen molar-refractivity contribution in [2.45, 2.75) is 51.5 Å². The number of rotatable bonds is 8. The molecule has 0 radical (unpaired) electrons. The zero-order valence-electron chi connectivity index (χ0n) is 9.51. The summed E-state index contributed by atoms with van der Waals surface area (Å²) in [5, 5.41) is 0. The molecule has 0 N–H and O–H groups in total. The van der Waals surface area contributed by atoms with Gasteiger partial charge in [0, 0.05) is 14.2 Å². The topological polar surface area (TPSA) is 18.5 Å². The van der Waals surface area contributed by atoms with E-state index < -0.39 is 9.28 Å². The zero-order valence-corrected chi connectivity index (χ0v) is 10.7. The summed E-state index contributed by atoms with van der Waals surface area (Å²) in [5.74, 6) is 0. The molecule has 0 heterocycles. The standard InChI is InChI=1S/C10H24O2Si/c1-5-6-7-8-9-10(2)13(11-3)12-4/h10,13H,5-9H2,1-4H3. The van der Waals surface area contributed by atoms with Gasteiger partial charge in [0.15, 0.2) is 0 Å². The number of unbranched alkanes of at least 4 members (excludes halogenated alkanes) is 3. The lowest BCUT2D eigenvalue weighted by Crippen LogP contribution is -2.24. The summed E-state index contributed by atoms with van der Waals surface area (Å²) in [6.45, 7) is 4.49. The molecule has 0 aliphatic carbocycles. The monoisotopic (exact) mass is 204 g/mol. The highest BCUT2D eigenvalue weighted by molar-refractivity contribution is 6.46. The lowest BCUT2D eigenvalue weighted by molar-refractivity contribution is 0.264. The van der Waals surface area contributed by atoms with E-state index >= 15 is 0 Å². The molecule has 80 valence electrons. The second-order valence-electron chi connectivity index (χ2n) is 3.67. The molecule has 0 saturated carbocycles. The molecule has 3 heteroatoms. The molecule has 0 amide bonds. The second kappa shape index (κ2) is 8.72. The van der Waals surface area contributed by atoms with E-state index in [0.717, 1.165) is 0 Å². The van der Waals surface area contributed by atoms with Gasteiger partial charge in [-0.05, 0) is 12.0 Å².